The van der Waals surface area contributed by atoms with Crippen molar-refractivity contribution in [2.45, 2.75) is 12.1 Å². The average Bonchev–Trinajstić information content (AvgIpc) is 2.84. The van der Waals surface area contributed by atoms with Gasteiger partial charge in [-0.15, -0.1) is 0 Å². The number of hydrogen-bond acceptors (Lipinski definition) is 4. The first kappa shape index (κ1) is 18.3. The number of aliphatic imine (C=N–C) groups is 1. The lowest BCUT2D eigenvalue weighted by atomic mass is 9.99. The summed E-state index contributed by atoms with van der Waals surface area (Å²) in [5, 5.41) is 3.29. The number of fused-ring (bicyclic) bond motifs is 1. The van der Waals surface area contributed by atoms with E-state index in [1.807, 2.05) is 0 Å². The van der Waals surface area contributed by atoms with E-state index in [-0.39, 0.29) is 0 Å². The van der Waals surface area contributed by atoms with Crippen LogP contribution < -0.4 is 11.1 Å². The number of para-hydroxylation sites is 1. The Hall–Kier alpha value is -3.09. The predicted octanol–water partition coefficient (Wildman–Crippen LogP) is 3.73. The second-order valence-corrected chi connectivity index (χ2v) is 6.80. The third-order valence-electron chi connectivity index (χ3n) is 4.53. The highest BCUT2D eigenvalue weighted by molar-refractivity contribution is 6.30. The molecule has 3 aromatic rings. The summed E-state index contributed by atoms with van der Waals surface area (Å²) in [6, 6.07) is 14.8. The zero-order chi connectivity index (χ0) is 19.7. The van der Waals surface area contributed by atoms with Crippen LogP contribution in [0, 0.1) is 5.82 Å². The summed E-state index contributed by atoms with van der Waals surface area (Å²) in [5.41, 5.74) is 8.57. The number of hydrogen-bond donors (Lipinski definition) is 2. The Bertz CT molecular complexity index is 1090. The van der Waals surface area contributed by atoms with E-state index in [1.54, 1.807) is 54.6 Å². The molecule has 0 saturated carbocycles. The summed E-state index contributed by atoms with van der Waals surface area (Å²) in [5.74, 6) is -0.827. The van der Waals surface area contributed by atoms with Gasteiger partial charge in [-0.2, -0.15) is 0 Å². The van der Waals surface area contributed by atoms with Crippen LogP contribution in [-0.4, -0.2) is 22.6 Å². The van der Waals surface area contributed by atoms with Gasteiger partial charge in [0.05, 0.1) is 23.1 Å². The van der Waals surface area contributed by atoms with Gasteiger partial charge >= 0.3 is 0 Å². The number of nitrogens with two attached hydrogens (primary N) is 1. The van der Waals surface area contributed by atoms with E-state index in [0.717, 1.165) is 0 Å². The van der Waals surface area contributed by atoms with Gasteiger partial charge in [-0.25, -0.2) is 4.39 Å². The SMILES string of the molecule is NC(c1cc(Cl)ccn1)[C@@H]1N=C(c2ccccc2F)c2ccccc2NC1=O. The molecule has 5 nitrogen and oxygen atoms in total. The number of carbonyl (C=O) groups excluding carboxylic acids is 1. The van der Waals surface area contributed by atoms with Crippen molar-refractivity contribution in [1.29, 1.82) is 0 Å². The minimum absolute atomic E-state index is 0.294. The van der Waals surface area contributed by atoms with Crippen LogP contribution >= 0.6 is 11.6 Å². The molecule has 2 heterocycles. The predicted molar refractivity (Wildman–Crippen MR) is 107 cm³/mol. The molecule has 2 atom stereocenters. The third-order valence-corrected chi connectivity index (χ3v) is 4.77. The van der Waals surface area contributed by atoms with Crippen molar-refractivity contribution in [2.75, 3.05) is 5.32 Å². The molecule has 2 aromatic carbocycles. The lowest BCUT2D eigenvalue weighted by Gasteiger charge is -2.18. The second-order valence-electron chi connectivity index (χ2n) is 6.36. The van der Waals surface area contributed by atoms with E-state index in [0.29, 0.717) is 33.2 Å². The Balaban J connectivity index is 1.88. The molecule has 28 heavy (non-hydrogen) atoms. The quantitative estimate of drug-likeness (QED) is 0.710. The zero-order valence-electron chi connectivity index (χ0n) is 14.6. The molecule has 1 aliphatic heterocycles. The van der Waals surface area contributed by atoms with Crippen LogP contribution in [0.5, 0.6) is 0 Å². The van der Waals surface area contributed by atoms with Crippen LogP contribution in [0.4, 0.5) is 10.1 Å². The van der Waals surface area contributed by atoms with Crippen molar-refractivity contribution < 1.29 is 9.18 Å². The first-order valence-corrected chi connectivity index (χ1v) is 9.02. The molecule has 0 spiro atoms. The minimum atomic E-state index is -1.01. The van der Waals surface area contributed by atoms with Crippen molar-refractivity contribution >= 4 is 28.9 Å². The Morgan fingerprint density at radius 2 is 1.79 bits per heavy atom. The van der Waals surface area contributed by atoms with E-state index in [4.69, 9.17) is 17.3 Å². The van der Waals surface area contributed by atoms with Crippen LogP contribution in [0.25, 0.3) is 0 Å². The molecule has 1 amide bonds. The Labute approximate surface area is 166 Å². The van der Waals surface area contributed by atoms with Gasteiger partial charge in [0.1, 0.15) is 5.82 Å². The fourth-order valence-corrected chi connectivity index (χ4v) is 3.32. The fourth-order valence-electron chi connectivity index (χ4n) is 3.15. The number of rotatable bonds is 3. The zero-order valence-corrected chi connectivity index (χ0v) is 15.4. The fraction of sp³-hybridized carbons (Fsp3) is 0.0952. The van der Waals surface area contributed by atoms with Gasteiger partial charge in [0.15, 0.2) is 6.04 Å². The summed E-state index contributed by atoms with van der Waals surface area (Å²) in [7, 11) is 0. The van der Waals surface area contributed by atoms with E-state index in [9.17, 15) is 9.18 Å². The molecule has 7 heteroatoms. The maximum atomic E-state index is 14.6. The van der Waals surface area contributed by atoms with Gasteiger partial charge in [-0.1, -0.05) is 41.9 Å². The number of anilines is 1. The molecule has 1 aromatic heterocycles. The van der Waals surface area contributed by atoms with Crippen molar-refractivity contribution in [2.24, 2.45) is 10.7 Å². The second kappa shape index (κ2) is 7.50. The molecule has 0 saturated heterocycles. The standard InChI is InChI=1S/C21H16ClFN4O/c22-12-9-10-25-17(11-12)18(24)20-21(28)26-16-8-4-2-6-14(16)19(27-20)13-5-1-3-7-15(13)23/h1-11,18,20H,24H2,(H,26,28)/t18?,20-/m0/s1. The smallest absolute Gasteiger partial charge is 0.251 e. The molecule has 1 aliphatic rings. The number of nitrogens with zero attached hydrogens (tertiary/aromatic N) is 2. The maximum Gasteiger partial charge on any atom is 0.251 e. The number of amides is 1. The van der Waals surface area contributed by atoms with Crippen molar-refractivity contribution in [3.05, 3.63) is 94.5 Å². The molecule has 0 radical (unpaired) electrons. The highest BCUT2D eigenvalue weighted by Crippen LogP contribution is 2.28. The van der Waals surface area contributed by atoms with E-state index >= 15 is 0 Å². The number of carbonyl (C=O) groups is 1. The van der Waals surface area contributed by atoms with Crippen molar-refractivity contribution in [3.8, 4) is 0 Å². The largest absolute Gasteiger partial charge is 0.324 e. The molecular weight excluding hydrogens is 379 g/mol. The molecule has 3 N–H and O–H groups in total. The van der Waals surface area contributed by atoms with E-state index < -0.39 is 23.8 Å². The number of benzodiazepines with no additional fused rings is 1. The van der Waals surface area contributed by atoms with E-state index in [2.05, 4.69) is 15.3 Å². The highest BCUT2D eigenvalue weighted by Gasteiger charge is 2.32. The van der Waals surface area contributed by atoms with Gasteiger partial charge in [0, 0.05) is 22.3 Å². The maximum absolute atomic E-state index is 14.6. The summed E-state index contributed by atoms with van der Waals surface area (Å²) < 4.78 is 14.6. The monoisotopic (exact) mass is 394 g/mol. The first-order chi connectivity index (χ1) is 13.5. The Morgan fingerprint density at radius 3 is 2.54 bits per heavy atom. The first-order valence-electron chi connectivity index (χ1n) is 8.64. The normalized spacial score (nSPS) is 17.2. The topological polar surface area (TPSA) is 80.4 Å². The number of aromatic nitrogens is 1. The molecular formula is C21H16ClFN4O. The molecule has 140 valence electrons. The van der Waals surface area contributed by atoms with Gasteiger partial charge in [-0.05, 0) is 30.3 Å². The summed E-state index contributed by atoms with van der Waals surface area (Å²) in [6.07, 6.45) is 1.52. The highest BCUT2D eigenvalue weighted by atomic mass is 35.5. The number of halogens is 2. The minimum Gasteiger partial charge on any atom is -0.324 e. The Kier molecular flexibility index (Phi) is 4.90. The van der Waals surface area contributed by atoms with Crippen LogP contribution in [0.3, 0.4) is 0 Å². The lowest BCUT2D eigenvalue weighted by molar-refractivity contribution is -0.117. The molecule has 0 aliphatic carbocycles. The number of benzene rings is 2. The van der Waals surface area contributed by atoms with Gasteiger partial charge in [-0.3, -0.25) is 14.8 Å². The molecule has 4 rings (SSSR count). The summed E-state index contributed by atoms with van der Waals surface area (Å²) in [4.78, 5) is 21.7. The van der Waals surface area contributed by atoms with Crippen LogP contribution in [0.2, 0.25) is 5.02 Å². The van der Waals surface area contributed by atoms with Crippen LogP contribution in [0.1, 0.15) is 22.9 Å². The van der Waals surface area contributed by atoms with Crippen molar-refractivity contribution in [1.82, 2.24) is 4.98 Å². The van der Waals surface area contributed by atoms with Crippen molar-refractivity contribution in [3.63, 3.8) is 0 Å². The number of pyridine rings is 1. The number of nitrogens with one attached hydrogen (secondary N) is 1. The summed E-state index contributed by atoms with van der Waals surface area (Å²) >= 11 is 6.03. The van der Waals surface area contributed by atoms with Crippen LogP contribution in [-0.2, 0) is 4.79 Å². The molecule has 1 unspecified atom stereocenters. The van der Waals surface area contributed by atoms with Gasteiger partial charge in [0.25, 0.3) is 5.91 Å². The van der Waals surface area contributed by atoms with Crippen LogP contribution in [0.15, 0.2) is 71.9 Å². The van der Waals surface area contributed by atoms with E-state index in [1.165, 1.54) is 12.3 Å². The van der Waals surface area contributed by atoms with Gasteiger partial charge < -0.3 is 11.1 Å². The lowest BCUT2D eigenvalue weighted by Crippen LogP contribution is -2.36. The molecule has 0 bridgehead atoms. The summed E-state index contributed by atoms with van der Waals surface area (Å²) in [6.45, 7) is 0. The average molecular weight is 395 g/mol. The Morgan fingerprint density at radius 1 is 1.07 bits per heavy atom. The third kappa shape index (κ3) is 3.40. The molecule has 0 fully saturated rings. The van der Waals surface area contributed by atoms with Gasteiger partial charge in [0.2, 0.25) is 0 Å².